The molecule has 1 aliphatic carbocycles. The lowest BCUT2D eigenvalue weighted by Gasteiger charge is -2.11. The molecule has 0 atom stereocenters. The van der Waals surface area contributed by atoms with E-state index >= 15 is 0 Å². The Hall–Kier alpha value is -2.76. The summed E-state index contributed by atoms with van der Waals surface area (Å²) < 4.78 is 30.8. The van der Waals surface area contributed by atoms with Crippen LogP contribution < -0.4 is 19.5 Å². The predicted molar refractivity (Wildman–Crippen MR) is 83.4 cm³/mol. The van der Waals surface area contributed by atoms with Crippen LogP contribution in [-0.2, 0) is 6.61 Å². The minimum Gasteiger partial charge on any atom is -0.488 e. The quantitative estimate of drug-likeness (QED) is 0.917. The molecule has 0 aromatic heterocycles. The van der Waals surface area contributed by atoms with Gasteiger partial charge in [-0.05, 0) is 31.0 Å². The van der Waals surface area contributed by atoms with Crippen LogP contribution >= 0.6 is 0 Å². The lowest BCUT2D eigenvalue weighted by atomic mass is 9.98. The van der Waals surface area contributed by atoms with Gasteiger partial charge in [-0.15, -0.1) is 0 Å². The van der Waals surface area contributed by atoms with Gasteiger partial charge in [0.2, 0.25) is 6.79 Å². The van der Waals surface area contributed by atoms with Gasteiger partial charge in [-0.2, -0.15) is 0 Å². The molecule has 2 aromatic rings. The summed E-state index contributed by atoms with van der Waals surface area (Å²) in [4.78, 5) is 12.9. The van der Waals surface area contributed by atoms with E-state index in [1.54, 1.807) is 18.2 Å². The summed E-state index contributed by atoms with van der Waals surface area (Å²) in [6, 6.07) is 6.55. The zero-order chi connectivity index (χ0) is 16.3. The third-order valence-corrected chi connectivity index (χ3v) is 4.48. The Morgan fingerprint density at radius 1 is 0.958 bits per heavy atom. The van der Waals surface area contributed by atoms with Gasteiger partial charge >= 0.3 is 0 Å². The van der Waals surface area contributed by atoms with Gasteiger partial charge in [0.25, 0.3) is 0 Å². The number of nitrogens with one attached hydrogen (secondary N) is 1. The van der Waals surface area contributed by atoms with Crippen LogP contribution in [0.3, 0.4) is 0 Å². The number of hydrogen-bond donors (Lipinski definition) is 1. The summed E-state index contributed by atoms with van der Waals surface area (Å²) >= 11 is 0. The SMILES string of the molecule is O=C1c2cc(F)c(NC3CC3)cc2COc2cc3c(cc21)OCO3. The molecule has 0 amide bonds. The van der Waals surface area contributed by atoms with Crippen LogP contribution in [0.4, 0.5) is 10.1 Å². The lowest BCUT2D eigenvalue weighted by molar-refractivity contribution is 0.103. The molecule has 2 heterocycles. The van der Waals surface area contributed by atoms with Crippen molar-refractivity contribution in [3.63, 3.8) is 0 Å². The van der Waals surface area contributed by atoms with E-state index in [1.165, 1.54) is 6.07 Å². The lowest BCUT2D eigenvalue weighted by Crippen LogP contribution is -2.08. The highest BCUT2D eigenvalue weighted by atomic mass is 19.1. The molecule has 122 valence electrons. The second-order valence-corrected chi connectivity index (χ2v) is 6.23. The smallest absolute Gasteiger partial charge is 0.231 e. The molecular weight excluding hydrogens is 313 g/mol. The van der Waals surface area contributed by atoms with Crippen molar-refractivity contribution in [1.29, 1.82) is 0 Å². The van der Waals surface area contributed by atoms with Gasteiger partial charge < -0.3 is 19.5 Å². The van der Waals surface area contributed by atoms with Gasteiger partial charge in [0.1, 0.15) is 18.2 Å². The number of benzene rings is 2. The molecular formula is C18H14FNO4. The molecule has 2 aliphatic heterocycles. The Bertz CT molecular complexity index is 876. The first-order chi connectivity index (χ1) is 11.7. The first-order valence-electron chi connectivity index (χ1n) is 7.89. The highest BCUT2D eigenvalue weighted by Crippen LogP contribution is 2.41. The normalized spacial score (nSPS) is 17.6. The molecule has 5 nitrogen and oxygen atoms in total. The Morgan fingerprint density at radius 2 is 1.75 bits per heavy atom. The monoisotopic (exact) mass is 327 g/mol. The van der Waals surface area contributed by atoms with Crippen molar-refractivity contribution in [3.8, 4) is 17.2 Å². The van der Waals surface area contributed by atoms with Gasteiger partial charge in [0.05, 0.1) is 11.3 Å². The van der Waals surface area contributed by atoms with Crippen molar-refractivity contribution in [2.45, 2.75) is 25.5 Å². The molecule has 1 fully saturated rings. The van der Waals surface area contributed by atoms with Crippen molar-refractivity contribution >= 4 is 11.5 Å². The molecule has 5 rings (SSSR count). The maximum Gasteiger partial charge on any atom is 0.231 e. The average Bonchev–Trinajstić information content (AvgIpc) is 3.29. The summed E-state index contributed by atoms with van der Waals surface area (Å²) in [5, 5.41) is 3.15. The standard InChI is InChI=1S/C18H14FNO4/c19-13-4-11-9(3-14(13)20-10-1-2-10)7-22-15-6-17-16(23-8-24-17)5-12(15)18(11)21/h3-6,10,20H,1-2,7-8H2. The van der Waals surface area contributed by atoms with Gasteiger partial charge in [0.15, 0.2) is 17.3 Å². The van der Waals surface area contributed by atoms with E-state index in [0.717, 1.165) is 12.8 Å². The number of carbonyl (C=O) groups is 1. The van der Waals surface area contributed by atoms with Crippen LogP contribution in [-0.4, -0.2) is 18.6 Å². The maximum absolute atomic E-state index is 14.4. The van der Waals surface area contributed by atoms with Crippen molar-refractivity contribution in [3.05, 3.63) is 46.8 Å². The Balaban J connectivity index is 1.59. The summed E-state index contributed by atoms with van der Waals surface area (Å²) in [6.07, 6.45) is 2.09. The van der Waals surface area contributed by atoms with E-state index < -0.39 is 5.82 Å². The molecule has 2 aromatic carbocycles. The van der Waals surface area contributed by atoms with Crippen molar-refractivity contribution in [2.75, 3.05) is 12.1 Å². The van der Waals surface area contributed by atoms with Crippen LogP contribution in [0.15, 0.2) is 24.3 Å². The van der Waals surface area contributed by atoms with E-state index in [4.69, 9.17) is 14.2 Å². The third kappa shape index (κ3) is 2.10. The summed E-state index contributed by atoms with van der Waals surface area (Å²) in [6.45, 7) is 0.321. The minimum atomic E-state index is -0.418. The van der Waals surface area contributed by atoms with Crippen LogP contribution in [0, 0.1) is 5.82 Å². The fourth-order valence-corrected chi connectivity index (χ4v) is 3.03. The number of rotatable bonds is 2. The molecule has 1 saturated carbocycles. The van der Waals surface area contributed by atoms with Crippen molar-refractivity contribution in [1.82, 2.24) is 0 Å². The molecule has 3 aliphatic rings. The molecule has 1 N–H and O–H groups in total. The first kappa shape index (κ1) is 13.7. The number of ether oxygens (including phenoxy) is 3. The zero-order valence-corrected chi connectivity index (χ0v) is 12.7. The van der Waals surface area contributed by atoms with E-state index in [2.05, 4.69) is 5.32 Å². The molecule has 0 saturated heterocycles. The van der Waals surface area contributed by atoms with Crippen molar-refractivity contribution < 1.29 is 23.4 Å². The highest BCUT2D eigenvalue weighted by molar-refractivity contribution is 6.12. The highest BCUT2D eigenvalue weighted by Gasteiger charge is 2.29. The molecule has 6 heteroatoms. The molecule has 0 bridgehead atoms. The number of anilines is 1. The predicted octanol–water partition coefficient (Wildman–Crippen LogP) is 3.25. The second-order valence-electron chi connectivity index (χ2n) is 6.23. The maximum atomic E-state index is 14.4. The Kier molecular flexibility index (Phi) is 2.77. The van der Waals surface area contributed by atoms with E-state index in [9.17, 15) is 9.18 Å². The molecule has 24 heavy (non-hydrogen) atoms. The van der Waals surface area contributed by atoms with Gasteiger partial charge in [-0.25, -0.2) is 4.39 Å². The summed E-state index contributed by atoms with van der Waals surface area (Å²) in [5.41, 5.74) is 1.78. The topological polar surface area (TPSA) is 56.8 Å². The summed E-state index contributed by atoms with van der Waals surface area (Å²) in [5.74, 6) is 0.792. The molecule has 0 unspecified atom stereocenters. The Labute approximate surface area is 137 Å². The van der Waals surface area contributed by atoms with Crippen LogP contribution in [0.25, 0.3) is 0 Å². The van der Waals surface area contributed by atoms with E-state index in [-0.39, 0.29) is 19.2 Å². The fourth-order valence-electron chi connectivity index (χ4n) is 3.03. The Morgan fingerprint density at radius 3 is 2.54 bits per heavy atom. The number of carbonyl (C=O) groups excluding carboxylic acids is 1. The van der Waals surface area contributed by atoms with E-state index in [0.29, 0.717) is 45.7 Å². The minimum absolute atomic E-state index is 0.119. The average molecular weight is 327 g/mol. The number of ketones is 1. The van der Waals surface area contributed by atoms with Gasteiger partial charge in [-0.3, -0.25) is 4.79 Å². The number of fused-ring (bicyclic) bond motifs is 3. The third-order valence-electron chi connectivity index (χ3n) is 4.48. The first-order valence-corrected chi connectivity index (χ1v) is 7.89. The van der Waals surface area contributed by atoms with Crippen LogP contribution in [0.2, 0.25) is 0 Å². The van der Waals surface area contributed by atoms with Crippen LogP contribution in [0.5, 0.6) is 17.2 Å². The van der Waals surface area contributed by atoms with Gasteiger partial charge in [-0.1, -0.05) is 0 Å². The number of hydrogen-bond acceptors (Lipinski definition) is 5. The summed E-state index contributed by atoms with van der Waals surface area (Å²) in [7, 11) is 0. The zero-order valence-electron chi connectivity index (χ0n) is 12.7. The largest absolute Gasteiger partial charge is 0.488 e. The van der Waals surface area contributed by atoms with Crippen molar-refractivity contribution in [2.24, 2.45) is 0 Å². The second kappa shape index (κ2) is 4.87. The van der Waals surface area contributed by atoms with E-state index in [1.807, 2.05) is 0 Å². The van der Waals surface area contributed by atoms with Crippen LogP contribution in [0.1, 0.15) is 34.3 Å². The number of halogens is 1. The molecule has 0 radical (unpaired) electrons. The van der Waals surface area contributed by atoms with Gasteiger partial charge in [0, 0.05) is 23.2 Å². The fraction of sp³-hybridized carbons (Fsp3) is 0.278. The molecule has 0 spiro atoms.